The maximum atomic E-state index is 11.8. The number of rotatable bonds is 2. The Morgan fingerprint density at radius 2 is 2.04 bits per heavy atom. The van der Waals surface area contributed by atoms with Crippen molar-refractivity contribution < 1.29 is 9.53 Å². The summed E-state index contributed by atoms with van der Waals surface area (Å²) in [4.78, 5) is 20.3. The molecular weight excluding hydrogens is 294 g/mol. The van der Waals surface area contributed by atoms with Gasteiger partial charge in [0.25, 0.3) is 0 Å². The van der Waals surface area contributed by atoms with Crippen molar-refractivity contribution in [1.82, 2.24) is 20.2 Å². The second-order valence-corrected chi connectivity index (χ2v) is 6.05. The summed E-state index contributed by atoms with van der Waals surface area (Å²) in [7, 11) is 0. The molecule has 0 unspecified atom stereocenters. The van der Waals surface area contributed by atoms with Gasteiger partial charge in [0.05, 0.1) is 5.52 Å². The Bertz CT molecular complexity index is 837. The van der Waals surface area contributed by atoms with Crippen molar-refractivity contribution in [2.75, 3.05) is 5.32 Å². The molecule has 0 aliphatic carbocycles. The number of benzene rings is 1. The van der Waals surface area contributed by atoms with Crippen LogP contribution in [0.3, 0.4) is 0 Å². The van der Waals surface area contributed by atoms with Crippen LogP contribution in [0.1, 0.15) is 20.8 Å². The number of amides is 1. The van der Waals surface area contributed by atoms with Gasteiger partial charge in [-0.2, -0.15) is 5.10 Å². The normalized spacial score (nSPS) is 11.4. The first-order chi connectivity index (χ1) is 10.9. The first kappa shape index (κ1) is 15.0. The number of carbonyl (C=O) groups excluding carboxylic acids is 1. The molecule has 0 aliphatic heterocycles. The van der Waals surface area contributed by atoms with Crippen molar-refractivity contribution in [3.05, 3.63) is 36.7 Å². The number of hydrogen-bond donors (Lipinski definition) is 2. The number of ether oxygens (including phenoxy) is 1. The van der Waals surface area contributed by atoms with Crippen molar-refractivity contribution in [3.8, 4) is 11.4 Å². The lowest BCUT2D eigenvalue weighted by Gasteiger charge is -2.19. The molecule has 2 heterocycles. The molecule has 7 nitrogen and oxygen atoms in total. The summed E-state index contributed by atoms with van der Waals surface area (Å²) >= 11 is 0. The van der Waals surface area contributed by atoms with Crippen LogP contribution in [0.25, 0.3) is 22.3 Å². The molecule has 0 saturated carbocycles. The molecule has 0 radical (unpaired) electrons. The fourth-order valence-corrected chi connectivity index (χ4v) is 2.09. The lowest BCUT2D eigenvalue weighted by molar-refractivity contribution is 0.0635. The fraction of sp³-hybridized carbons (Fsp3) is 0.250. The monoisotopic (exact) mass is 311 g/mol. The number of H-pyrrole nitrogens is 1. The standard InChI is InChI=1S/C16H17N5O2/c1-16(2,3)23-15(22)20-13-7-5-10-8-11(4-6-12(10)19-13)14-17-9-18-21-14/h4-9H,1-3H3,(H,17,18,21)(H,19,20,22). The van der Waals surface area contributed by atoms with Gasteiger partial charge in [-0.25, -0.2) is 14.8 Å². The molecule has 0 saturated heterocycles. The topological polar surface area (TPSA) is 92.8 Å². The van der Waals surface area contributed by atoms with Crippen molar-refractivity contribution in [1.29, 1.82) is 0 Å². The average molecular weight is 311 g/mol. The Balaban J connectivity index is 1.83. The summed E-state index contributed by atoms with van der Waals surface area (Å²) in [5.74, 6) is 1.07. The number of anilines is 1. The van der Waals surface area contributed by atoms with E-state index in [1.54, 1.807) is 6.07 Å². The van der Waals surface area contributed by atoms with Crippen LogP contribution < -0.4 is 5.32 Å². The molecule has 0 spiro atoms. The average Bonchev–Trinajstić information content (AvgIpc) is 2.98. The maximum Gasteiger partial charge on any atom is 0.413 e. The van der Waals surface area contributed by atoms with Gasteiger partial charge in [0.2, 0.25) is 0 Å². The molecule has 0 bridgehead atoms. The van der Waals surface area contributed by atoms with Gasteiger partial charge >= 0.3 is 6.09 Å². The van der Waals surface area contributed by atoms with E-state index in [0.29, 0.717) is 11.6 Å². The zero-order valence-electron chi connectivity index (χ0n) is 13.1. The van der Waals surface area contributed by atoms with Crippen molar-refractivity contribution in [3.63, 3.8) is 0 Å². The highest BCUT2D eigenvalue weighted by Crippen LogP contribution is 2.22. The summed E-state index contributed by atoms with van der Waals surface area (Å²) < 4.78 is 5.21. The molecule has 1 aromatic carbocycles. The van der Waals surface area contributed by atoms with Gasteiger partial charge in [-0.15, -0.1) is 0 Å². The van der Waals surface area contributed by atoms with E-state index in [-0.39, 0.29) is 0 Å². The SMILES string of the molecule is CC(C)(C)OC(=O)Nc1ccc2cc(-c3nc[nH]n3)ccc2n1. The van der Waals surface area contributed by atoms with Gasteiger partial charge in [0.1, 0.15) is 17.7 Å². The van der Waals surface area contributed by atoms with Crippen LogP contribution in [0.15, 0.2) is 36.7 Å². The fourth-order valence-electron chi connectivity index (χ4n) is 2.09. The maximum absolute atomic E-state index is 11.8. The number of aromatic nitrogens is 4. The van der Waals surface area contributed by atoms with E-state index in [4.69, 9.17) is 4.74 Å². The quantitative estimate of drug-likeness (QED) is 0.757. The molecule has 1 amide bonds. The number of nitrogens with one attached hydrogen (secondary N) is 2. The first-order valence-corrected chi connectivity index (χ1v) is 7.18. The van der Waals surface area contributed by atoms with Crippen LogP contribution in [-0.4, -0.2) is 31.9 Å². The van der Waals surface area contributed by atoms with E-state index in [1.165, 1.54) is 6.33 Å². The number of nitrogens with zero attached hydrogens (tertiary/aromatic N) is 3. The van der Waals surface area contributed by atoms with Crippen LogP contribution in [0.4, 0.5) is 10.6 Å². The van der Waals surface area contributed by atoms with Crippen molar-refractivity contribution >= 4 is 22.8 Å². The Hall–Kier alpha value is -2.96. The summed E-state index contributed by atoms with van der Waals surface area (Å²) in [5.41, 5.74) is 1.11. The van der Waals surface area contributed by atoms with E-state index in [2.05, 4.69) is 25.5 Å². The van der Waals surface area contributed by atoms with E-state index < -0.39 is 11.7 Å². The molecule has 2 N–H and O–H groups in total. The Morgan fingerprint density at radius 1 is 1.22 bits per heavy atom. The summed E-state index contributed by atoms with van der Waals surface area (Å²) in [6.45, 7) is 5.43. The van der Waals surface area contributed by atoms with Gasteiger partial charge < -0.3 is 4.74 Å². The number of aromatic amines is 1. The van der Waals surface area contributed by atoms with Gasteiger partial charge in [0, 0.05) is 10.9 Å². The van der Waals surface area contributed by atoms with Crippen LogP contribution in [0.2, 0.25) is 0 Å². The Labute approximate surface area is 133 Å². The van der Waals surface area contributed by atoms with E-state index in [0.717, 1.165) is 16.5 Å². The minimum absolute atomic E-state index is 0.442. The number of hydrogen-bond acceptors (Lipinski definition) is 5. The van der Waals surface area contributed by atoms with Crippen LogP contribution in [0.5, 0.6) is 0 Å². The second-order valence-electron chi connectivity index (χ2n) is 6.05. The third kappa shape index (κ3) is 3.63. The molecule has 23 heavy (non-hydrogen) atoms. The molecular formula is C16H17N5O2. The summed E-state index contributed by atoms with van der Waals surface area (Å²) in [6.07, 6.45) is 1.01. The minimum atomic E-state index is -0.549. The van der Waals surface area contributed by atoms with Crippen molar-refractivity contribution in [2.24, 2.45) is 0 Å². The largest absolute Gasteiger partial charge is 0.444 e. The minimum Gasteiger partial charge on any atom is -0.444 e. The molecule has 118 valence electrons. The van der Waals surface area contributed by atoms with Crippen LogP contribution >= 0.6 is 0 Å². The zero-order valence-corrected chi connectivity index (χ0v) is 13.1. The smallest absolute Gasteiger partial charge is 0.413 e. The molecule has 2 aromatic heterocycles. The lowest BCUT2D eigenvalue weighted by Crippen LogP contribution is -2.27. The summed E-state index contributed by atoms with van der Waals surface area (Å²) in [5, 5.41) is 10.3. The Morgan fingerprint density at radius 3 is 2.74 bits per heavy atom. The molecule has 0 atom stereocenters. The highest BCUT2D eigenvalue weighted by atomic mass is 16.6. The molecule has 3 rings (SSSR count). The first-order valence-electron chi connectivity index (χ1n) is 7.18. The zero-order chi connectivity index (χ0) is 16.4. The van der Waals surface area contributed by atoms with E-state index in [1.807, 2.05) is 45.0 Å². The van der Waals surface area contributed by atoms with E-state index >= 15 is 0 Å². The number of fused-ring (bicyclic) bond motifs is 1. The van der Waals surface area contributed by atoms with Crippen molar-refractivity contribution in [2.45, 2.75) is 26.4 Å². The Kier molecular flexibility index (Phi) is 3.69. The van der Waals surface area contributed by atoms with Gasteiger partial charge in [0.15, 0.2) is 5.82 Å². The van der Waals surface area contributed by atoms with Gasteiger partial charge in [-0.3, -0.25) is 10.4 Å². The van der Waals surface area contributed by atoms with Gasteiger partial charge in [-0.1, -0.05) is 0 Å². The van der Waals surface area contributed by atoms with E-state index in [9.17, 15) is 4.79 Å². The molecule has 3 aromatic rings. The lowest BCUT2D eigenvalue weighted by atomic mass is 10.1. The number of carbonyl (C=O) groups is 1. The highest BCUT2D eigenvalue weighted by Gasteiger charge is 2.16. The van der Waals surface area contributed by atoms with Crippen LogP contribution in [-0.2, 0) is 4.74 Å². The number of pyridine rings is 1. The molecule has 0 aliphatic rings. The third-order valence-electron chi connectivity index (χ3n) is 2.99. The predicted molar refractivity (Wildman–Crippen MR) is 87.0 cm³/mol. The molecule has 0 fully saturated rings. The predicted octanol–water partition coefficient (Wildman–Crippen LogP) is 3.37. The van der Waals surface area contributed by atoms with Gasteiger partial charge in [-0.05, 0) is 51.1 Å². The molecule has 7 heteroatoms. The van der Waals surface area contributed by atoms with Crippen LogP contribution in [0, 0.1) is 0 Å². The second kappa shape index (κ2) is 5.68. The third-order valence-corrected chi connectivity index (χ3v) is 2.99. The highest BCUT2D eigenvalue weighted by molar-refractivity contribution is 5.88. The summed E-state index contributed by atoms with van der Waals surface area (Å²) in [6, 6.07) is 9.30.